The Hall–Kier alpha value is -2.24. The van der Waals surface area contributed by atoms with Crippen LogP contribution in [0.25, 0.3) is 0 Å². The predicted octanol–water partition coefficient (Wildman–Crippen LogP) is 4.21. The van der Waals surface area contributed by atoms with Crippen LogP contribution in [0, 0.1) is 0 Å². The van der Waals surface area contributed by atoms with Crippen LogP contribution in [0.2, 0.25) is 0 Å². The van der Waals surface area contributed by atoms with Gasteiger partial charge in [-0.2, -0.15) is 0 Å². The fourth-order valence-electron chi connectivity index (χ4n) is 3.45. The molecule has 6 heteroatoms. The van der Waals surface area contributed by atoms with Crippen LogP contribution >= 0.6 is 0 Å². The number of carbonyl (C=O) groups excluding carboxylic acids is 2. The number of nitrogens with zero attached hydrogens (tertiary/aromatic N) is 1. The fraction of sp³-hybridized carbons (Fsp3) is 0.619. The molecular formula is C21H29NO5. The van der Waals surface area contributed by atoms with Gasteiger partial charge < -0.3 is 19.1 Å². The van der Waals surface area contributed by atoms with Crippen LogP contribution in [0.4, 0.5) is 4.79 Å². The molecule has 148 valence electrons. The van der Waals surface area contributed by atoms with Gasteiger partial charge in [-0.05, 0) is 45.4 Å². The Bertz CT molecular complexity index is 724. The molecule has 2 aliphatic heterocycles. The number of ketones is 1. The van der Waals surface area contributed by atoms with Gasteiger partial charge >= 0.3 is 6.09 Å². The van der Waals surface area contributed by atoms with E-state index in [1.165, 1.54) is 0 Å². The van der Waals surface area contributed by atoms with Gasteiger partial charge in [0, 0.05) is 13.0 Å². The molecule has 1 amide bonds. The highest BCUT2D eigenvalue weighted by atomic mass is 16.6. The molecular weight excluding hydrogens is 346 g/mol. The normalized spacial score (nSPS) is 21.8. The Morgan fingerprint density at radius 2 is 2.11 bits per heavy atom. The minimum absolute atomic E-state index is 0.0308. The lowest BCUT2D eigenvalue weighted by Crippen LogP contribution is -2.46. The molecule has 0 radical (unpaired) electrons. The predicted molar refractivity (Wildman–Crippen MR) is 102 cm³/mol. The standard InChI is InChI=1S/C21H29NO5/c1-5-6-11-25-15-7-8-18-16(12-15)17(23)13-21(26-18)9-10-22(14-21)19(24)27-20(2,3)4/h7-8,12H,5-6,9-11,13-14H2,1-4H3/t21-/m0/s1. The highest BCUT2D eigenvalue weighted by Gasteiger charge is 2.47. The summed E-state index contributed by atoms with van der Waals surface area (Å²) in [5, 5.41) is 0. The van der Waals surface area contributed by atoms with E-state index >= 15 is 0 Å². The number of unbranched alkanes of at least 4 members (excludes halogenated alkanes) is 1. The molecule has 0 saturated carbocycles. The van der Waals surface area contributed by atoms with Crippen molar-refractivity contribution in [1.29, 1.82) is 0 Å². The van der Waals surface area contributed by atoms with Crippen LogP contribution in [0.1, 0.15) is 63.7 Å². The largest absolute Gasteiger partial charge is 0.494 e. The van der Waals surface area contributed by atoms with Crippen molar-refractivity contribution in [3.05, 3.63) is 23.8 Å². The Morgan fingerprint density at radius 1 is 1.33 bits per heavy atom. The summed E-state index contributed by atoms with van der Waals surface area (Å²) in [5.41, 5.74) is -0.645. The second-order valence-electron chi connectivity index (χ2n) is 8.40. The van der Waals surface area contributed by atoms with Crippen molar-refractivity contribution in [1.82, 2.24) is 4.90 Å². The summed E-state index contributed by atoms with van der Waals surface area (Å²) >= 11 is 0. The van der Waals surface area contributed by atoms with E-state index in [0.717, 1.165) is 12.8 Å². The number of hydrogen-bond donors (Lipinski definition) is 0. The van der Waals surface area contributed by atoms with E-state index in [1.54, 1.807) is 17.0 Å². The molecule has 0 bridgehead atoms. The molecule has 27 heavy (non-hydrogen) atoms. The highest BCUT2D eigenvalue weighted by molar-refractivity contribution is 6.00. The van der Waals surface area contributed by atoms with Crippen molar-refractivity contribution in [2.75, 3.05) is 19.7 Å². The average Bonchev–Trinajstić information content (AvgIpc) is 2.97. The maximum absolute atomic E-state index is 12.8. The van der Waals surface area contributed by atoms with Crippen molar-refractivity contribution >= 4 is 11.9 Å². The Kier molecular flexibility index (Phi) is 5.36. The zero-order valence-corrected chi connectivity index (χ0v) is 16.7. The lowest BCUT2D eigenvalue weighted by molar-refractivity contribution is 0.0171. The van der Waals surface area contributed by atoms with Crippen molar-refractivity contribution < 1.29 is 23.8 Å². The molecule has 1 aromatic rings. The second kappa shape index (κ2) is 7.41. The molecule has 0 aromatic heterocycles. The molecule has 1 saturated heterocycles. The van der Waals surface area contributed by atoms with Crippen LogP contribution in [-0.2, 0) is 4.74 Å². The minimum Gasteiger partial charge on any atom is -0.494 e. The summed E-state index contributed by atoms with van der Waals surface area (Å²) < 4.78 is 17.4. The van der Waals surface area contributed by atoms with Crippen molar-refractivity contribution in [3.8, 4) is 11.5 Å². The maximum atomic E-state index is 12.8. The van der Waals surface area contributed by atoms with E-state index in [9.17, 15) is 9.59 Å². The van der Waals surface area contributed by atoms with Gasteiger partial charge in [-0.15, -0.1) is 0 Å². The molecule has 1 atom stereocenters. The maximum Gasteiger partial charge on any atom is 0.410 e. The van der Waals surface area contributed by atoms with Gasteiger partial charge in [-0.3, -0.25) is 4.79 Å². The van der Waals surface area contributed by atoms with Crippen LogP contribution < -0.4 is 9.47 Å². The summed E-state index contributed by atoms with van der Waals surface area (Å²) in [5.74, 6) is 1.29. The van der Waals surface area contributed by atoms with Crippen molar-refractivity contribution in [3.63, 3.8) is 0 Å². The number of rotatable bonds is 4. The molecule has 0 unspecified atom stereocenters. The lowest BCUT2D eigenvalue weighted by Gasteiger charge is -2.35. The summed E-state index contributed by atoms with van der Waals surface area (Å²) in [6.45, 7) is 9.15. The number of amides is 1. The molecule has 1 fully saturated rings. The third kappa shape index (κ3) is 4.54. The second-order valence-corrected chi connectivity index (χ2v) is 8.40. The first-order valence-corrected chi connectivity index (χ1v) is 9.68. The third-order valence-corrected chi connectivity index (χ3v) is 4.80. The van der Waals surface area contributed by atoms with E-state index in [-0.39, 0.29) is 18.3 Å². The van der Waals surface area contributed by atoms with Gasteiger partial charge in [0.25, 0.3) is 0 Å². The van der Waals surface area contributed by atoms with Crippen LogP contribution in [-0.4, -0.2) is 47.7 Å². The molecule has 6 nitrogen and oxygen atoms in total. The van der Waals surface area contributed by atoms with Crippen molar-refractivity contribution in [2.45, 2.75) is 64.6 Å². The van der Waals surface area contributed by atoms with E-state index in [0.29, 0.717) is 43.2 Å². The van der Waals surface area contributed by atoms with Crippen molar-refractivity contribution in [2.24, 2.45) is 0 Å². The van der Waals surface area contributed by atoms with Gasteiger partial charge in [-0.25, -0.2) is 4.79 Å². The summed E-state index contributed by atoms with van der Waals surface area (Å²) in [6.07, 6.45) is 2.56. The summed E-state index contributed by atoms with van der Waals surface area (Å²) in [7, 11) is 0. The minimum atomic E-state index is -0.661. The number of Topliss-reactive ketones (excluding diaryl/α,β-unsaturated/α-hetero) is 1. The fourth-order valence-corrected chi connectivity index (χ4v) is 3.45. The van der Waals surface area contributed by atoms with E-state index in [2.05, 4.69) is 6.92 Å². The first-order valence-electron chi connectivity index (χ1n) is 9.68. The molecule has 3 rings (SSSR count). The number of likely N-dealkylation sites (tertiary alicyclic amines) is 1. The van der Waals surface area contributed by atoms with Crippen LogP contribution in [0.5, 0.6) is 11.5 Å². The lowest BCUT2D eigenvalue weighted by atomic mass is 9.89. The number of carbonyl (C=O) groups is 2. The quantitative estimate of drug-likeness (QED) is 0.738. The molecule has 1 aromatic carbocycles. The average molecular weight is 375 g/mol. The molecule has 0 aliphatic carbocycles. The number of benzene rings is 1. The van der Waals surface area contributed by atoms with Crippen LogP contribution in [0.3, 0.4) is 0 Å². The smallest absolute Gasteiger partial charge is 0.410 e. The Balaban J connectivity index is 1.70. The third-order valence-electron chi connectivity index (χ3n) is 4.80. The number of hydrogen-bond acceptors (Lipinski definition) is 5. The first-order chi connectivity index (χ1) is 12.7. The van der Waals surface area contributed by atoms with Gasteiger partial charge in [0.2, 0.25) is 0 Å². The summed E-state index contributed by atoms with van der Waals surface area (Å²) in [4.78, 5) is 26.7. The topological polar surface area (TPSA) is 65.1 Å². The molecule has 2 aliphatic rings. The van der Waals surface area contributed by atoms with Gasteiger partial charge in [-0.1, -0.05) is 13.3 Å². The monoisotopic (exact) mass is 375 g/mol. The highest BCUT2D eigenvalue weighted by Crippen LogP contribution is 2.40. The van der Waals surface area contributed by atoms with E-state index < -0.39 is 11.2 Å². The summed E-state index contributed by atoms with van der Waals surface area (Å²) in [6, 6.07) is 5.40. The van der Waals surface area contributed by atoms with E-state index in [1.807, 2.05) is 26.8 Å². The molecule has 1 spiro atoms. The Labute approximate surface area is 160 Å². The zero-order chi connectivity index (χ0) is 19.7. The van der Waals surface area contributed by atoms with Crippen LogP contribution in [0.15, 0.2) is 18.2 Å². The molecule has 2 heterocycles. The Morgan fingerprint density at radius 3 is 2.81 bits per heavy atom. The van der Waals surface area contributed by atoms with Gasteiger partial charge in [0.1, 0.15) is 22.7 Å². The van der Waals surface area contributed by atoms with Gasteiger partial charge in [0.05, 0.1) is 25.1 Å². The zero-order valence-electron chi connectivity index (χ0n) is 16.7. The first kappa shape index (κ1) is 19.5. The SMILES string of the molecule is CCCCOc1ccc2c(c1)C(=O)C[C@]1(CCN(C(=O)OC(C)(C)C)C1)O2. The van der Waals surface area contributed by atoms with Gasteiger partial charge in [0.15, 0.2) is 5.78 Å². The number of fused-ring (bicyclic) bond motifs is 1. The molecule has 0 N–H and O–H groups in total. The van der Waals surface area contributed by atoms with E-state index in [4.69, 9.17) is 14.2 Å². The number of ether oxygens (including phenoxy) is 3.